The van der Waals surface area contributed by atoms with Crippen LogP contribution >= 0.6 is 27.7 Å². The summed E-state index contributed by atoms with van der Waals surface area (Å²) in [7, 11) is 0. The van der Waals surface area contributed by atoms with Crippen molar-refractivity contribution in [3.63, 3.8) is 0 Å². The van der Waals surface area contributed by atoms with Crippen LogP contribution < -0.4 is 0 Å². The number of ether oxygens (including phenoxy) is 1. The van der Waals surface area contributed by atoms with Crippen LogP contribution in [0.4, 0.5) is 0 Å². The molecule has 7 heteroatoms. The lowest BCUT2D eigenvalue weighted by molar-refractivity contribution is -0.137. The number of nitrogens with one attached hydrogen (secondary N) is 1. The van der Waals surface area contributed by atoms with Gasteiger partial charge in [-0.15, -0.1) is 0 Å². The van der Waals surface area contributed by atoms with E-state index in [-0.39, 0.29) is 6.54 Å². The van der Waals surface area contributed by atoms with Crippen LogP contribution in [0.15, 0.2) is 40.5 Å². The number of carbonyl (C=O) groups excluding carboxylic acids is 1. The van der Waals surface area contributed by atoms with Gasteiger partial charge in [0, 0.05) is 22.0 Å². The van der Waals surface area contributed by atoms with E-state index in [9.17, 15) is 9.90 Å². The number of esters is 1. The van der Waals surface area contributed by atoms with Gasteiger partial charge in [0.05, 0.1) is 19.3 Å². The second-order valence-corrected chi connectivity index (χ2v) is 6.54. The van der Waals surface area contributed by atoms with Crippen LogP contribution in [0.2, 0.25) is 0 Å². The number of hydrogen-bond acceptors (Lipinski definition) is 5. The van der Waals surface area contributed by atoms with Crippen LogP contribution in [0.5, 0.6) is 0 Å². The highest BCUT2D eigenvalue weighted by molar-refractivity contribution is 9.10. The third-order valence-corrected chi connectivity index (χ3v) is 4.59. The molecule has 0 aliphatic carbocycles. The Balaban J connectivity index is 2.09. The molecule has 0 radical (unpaired) electrons. The number of benzene rings is 1. The van der Waals surface area contributed by atoms with Gasteiger partial charge < -0.3 is 14.7 Å². The maximum Gasteiger partial charge on any atom is 0.332 e. The van der Waals surface area contributed by atoms with Crippen molar-refractivity contribution in [2.45, 2.75) is 13.0 Å². The molecule has 5 nitrogen and oxygen atoms in total. The summed E-state index contributed by atoms with van der Waals surface area (Å²) in [6.45, 7) is 2.30. The summed E-state index contributed by atoms with van der Waals surface area (Å²) >= 11 is 4.68. The fourth-order valence-electron chi connectivity index (χ4n) is 2.03. The number of aliphatic hydroxyl groups excluding tert-OH is 1. The molecule has 2 rings (SSSR count). The van der Waals surface area contributed by atoms with Gasteiger partial charge in [0.2, 0.25) is 0 Å². The molecular weight excluding hydrogens is 368 g/mol. The highest BCUT2D eigenvalue weighted by atomic mass is 79.9. The highest BCUT2D eigenvalue weighted by Gasteiger charge is 2.27. The van der Waals surface area contributed by atoms with E-state index in [1.165, 1.54) is 17.8 Å². The molecule has 1 saturated heterocycles. The van der Waals surface area contributed by atoms with Gasteiger partial charge in [0.15, 0.2) is 5.17 Å². The molecule has 22 heavy (non-hydrogen) atoms. The predicted octanol–water partition coefficient (Wildman–Crippen LogP) is 2.91. The van der Waals surface area contributed by atoms with Crippen LogP contribution in [0.1, 0.15) is 18.6 Å². The van der Waals surface area contributed by atoms with Crippen molar-refractivity contribution in [3.8, 4) is 0 Å². The Bertz CT molecular complexity index is 589. The summed E-state index contributed by atoms with van der Waals surface area (Å²) in [5.74, 6) is 0.112. The number of thioether (sulfide) groups is 1. The number of rotatable bonds is 5. The normalized spacial score (nSPS) is 17.9. The first kappa shape index (κ1) is 17.1. The molecule has 2 N–H and O–H groups in total. The molecule has 0 amide bonds. The van der Waals surface area contributed by atoms with E-state index < -0.39 is 12.1 Å². The number of aliphatic hydroxyl groups is 1. The fraction of sp³-hybridized carbons (Fsp3) is 0.333. The predicted molar refractivity (Wildman–Crippen MR) is 90.7 cm³/mol. The lowest BCUT2D eigenvalue weighted by atomic mass is 10.1. The van der Waals surface area contributed by atoms with E-state index in [0.29, 0.717) is 23.2 Å². The molecule has 118 valence electrons. The zero-order valence-corrected chi connectivity index (χ0v) is 14.5. The molecule has 0 saturated carbocycles. The second kappa shape index (κ2) is 7.80. The summed E-state index contributed by atoms with van der Waals surface area (Å²) in [5, 5.41) is 18.6. The van der Waals surface area contributed by atoms with Crippen LogP contribution in [0.3, 0.4) is 0 Å². The Morgan fingerprint density at radius 1 is 1.55 bits per heavy atom. The molecule has 0 spiro atoms. The molecule has 0 aromatic heterocycles. The Morgan fingerprint density at radius 2 is 2.23 bits per heavy atom. The number of β-amino-alcohol motifs (C(OH)–C–C–N with tert-alkyl or cyclic N) is 1. The third-order valence-electron chi connectivity index (χ3n) is 3.13. The molecule has 1 unspecified atom stereocenters. The monoisotopic (exact) mass is 384 g/mol. The quantitative estimate of drug-likeness (QED) is 0.602. The van der Waals surface area contributed by atoms with Gasteiger partial charge in [0.25, 0.3) is 0 Å². The molecule has 1 aromatic rings. The van der Waals surface area contributed by atoms with Crippen LogP contribution in [-0.2, 0) is 9.53 Å². The summed E-state index contributed by atoms with van der Waals surface area (Å²) in [5.41, 5.74) is 1.45. The van der Waals surface area contributed by atoms with Crippen LogP contribution in [0.25, 0.3) is 0 Å². The van der Waals surface area contributed by atoms with Gasteiger partial charge in [-0.1, -0.05) is 39.8 Å². The smallest absolute Gasteiger partial charge is 0.332 e. The van der Waals surface area contributed by atoms with Gasteiger partial charge in [-0.05, 0) is 24.6 Å². The van der Waals surface area contributed by atoms with Crippen molar-refractivity contribution in [1.82, 2.24) is 4.90 Å². The number of carbonyl (C=O) groups is 1. The van der Waals surface area contributed by atoms with E-state index in [2.05, 4.69) is 15.9 Å². The number of amidine groups is 1. The zero-order valence-electron chi connectivity index (χ0n) is 12.1. The zero-order chi connectivity index (χ0) is 16.1. The Hall–Kier alpha value is -1.31. The third kappa shape index (κ3) is 4.34. The van der Waals surface area contributed by atoms with Gasteiger partial charge in [0.1, 0.15) is 0 Å². The first-order valence-electron chi connectivity index (χ1n) is 6.81. The van der Waals surface area contributed by atoms with Crippen molar-refractivity contribution >= 4 is 38.8 Å². The minimum atomic E-state index is -0.738. The maximum absolute atomic E-state index is 11.6. The topological polar surface area (TPSA) is 73.6 Å². The minimum Gasteiger partial charge on any atom is -0.463 e. The molecule has 1 aliphatic rings. The van der Waals surface area contributed by atoms with Gasteiger partial charge in [-0.3, -0.25) is 5.41 Å². The van der Waals surface area contributed by atoms with Crippen molar-refractivity contribution in [2.24, 2.45) is 0 Å². The average molecular weight is 385 g/mol. The van der Waals surface area contributed by atoms with E-state index in [1.807, 2.05) is 24.3 Å². The van der Waals surface area contributed by atoms with Crippen molar-refractivity contribution in [3.05, 3.63) is 46.1 Å². The number of nitrogens with zero attached hydrogens (tertiary/aromatic N) is 1. The lowest BCUT2D eigenvalue weighted by Gasteiger charge is -2.22. The van der Waals surface area contributed by atoms with Crippen molar-refractivity contribution in [2.75, 3.05) is 18.9 Å². The molecule has 1 aliphatic heterocycles. The Morgan fingerprint density at radius 3 is 2.86 bits per heavy atom. The molecule has 0 bridgehead atoms. The van der Waals surface area contributed by atoms with E-state index in [1.54, 1.807) is 11.8 Å². The van der Waals surface area contributed by atoms with Crippen LogP contribution in [-0.4, -0.2) is 40.0 Å². The number of halogens is 1. The summed E-state index contributed by atoms with van der Waals surface area (Å²) in [6, 6.07) is 7.38. The van der Waals surface area contributed by atoms with E-state index in [4.69, 9.17) is 10.1 Å². The first-order valence-corrected chi connectivity index (χ1v) is 8.59. The SMILES string of the molecule is CCOC(=O)/C=C1\CSC(=N)N1CC(O)c1ccc(Br)cc1. The van der Waals surface area contributed by atoms with E-state index in [0.717, 1.165) is 10.0 Å². The lowest BCUT2D eigenvalue weighted by Crippen LogP contribution is -2.28. The summed E-state index contributed by atoms with van der Waals surface area (Å²) in [6.07, 6.45) is 0.657. The minimum absolute atomic E-state index is 0.235. The van der Waals surface area contributed by atoms with Gasteiger partial charge in [-0.25, -0.2) is 4.79 Å². The van der Waals surface area contributed by atoms with Crippen molar-refractivity contribution < 1.29 is 14.6 Å². The Kier molecular flexibility index (Phi) is 6.05. The fourth-order valence-corrected chi connectivity index (χ4v) is 3.17. The second-order valence-electron chi connectivity index (χ2n) is 4.66. The van der Waals surface area contributed by atoms with E-state index >= 15 is 0 Å². The highest BCUT2D eigenvalue weighted by Crippen LogP contribution is 2.29. The molecule has 1 heterocycles. The first-order chi connectivity index (χ1) is 10.5. The molecule has 1 fully saturated rings. The maximum atomic E-state index is 11.6. The van der Waals surface area contributed by atoms with Gasteiger partial charge >= 0.3 is 5.97 Å². The van der Waals surface area contributed by atoms with Gasteiger partial charge in [-0.2, -0.15) is 0 Å². The summed E-state index contributed by atoms with van der Waals surface area (Å²) < 4.78 is 5.84. The van der Waals surface area contributed by atoms with Crippen LogP contribution in [0, 0.1) is 5.41 Å². The van der Waals surface area contributed by atoms with Crippen molar-refractivity contribution in [1.29, 1.82) is 5.41 Å². The average Bonchev–Trinajstić information content (AvgIpc) is 2.81. The molecule has 1 atom stereocenters. The largest absolute Gasteiger partial charge is 0.463 e. The standard InChI is InChI=1S/C15H17BrN2O3S/c1-2-21-14(20)7-12-9-22-15(17)18(12)8-13(19)10-3-5-11(16)6-4-10/h3-7,13,17,19H,2,8-9H2,1H3/b12-7+,17-15?. The summed E-state index contributed by atoms with van der Waals surface area (Å²) in [4.78, 5) is 13.2. The molecule has 1 aromatic carbocycles. The number of hydrogen-bond donors (Lipinski definition) is 2. The Labute approximate surface area is 142 Å². The molecular formula is C15H17BrN2O3S.